The predicted molar refractivity (Wildman–Crippen MR) is 173 cm³/mol. The van der Waals surface area contributed by atoms with Crippen molar-refractivity contribution in [3.8, 4) is 22.6 Å². The van der Waals surface area contributed by atoms with E-state index in [4.69, 9.17) is 9.47 Å². The summed E-state index contributed by atoms with van der Waals surface area (Å²) in [6.07, 6.45) is 14.5. The minimum Gasteiger partial charge on any atom is -0.425 e. The van der Waals surface area contributed by atoms with Crippen LogP contribution >= 0.6 is 0 Å². The third-order valence-corrected chi connectivity index (χ3v) is 10.7. The number of nitro groups is 1. The first-order valence-corrected chi connectivity index (χ1v) is 18.5. The molecule has 0 heterocycles. The highest BCUT2D eigenvalue weighted by atomic mass is 32.2. The van der Waals surface area contributed by atoms with E-state index in [-0.39, 0.29) is 28.2 Å². The quantitative estimate of drug-likeness (QED) is 0.0921. The van der Waals surface area contributed by atoms with Gasteiger partial charge in [0, 0.05) is 11.8 Å². The molecule has 9 nitrogen and oxygen atoms in total. The van der Waals surface area contributed by atoms with Crippen molar-refractivity contribution in [2.45, 2.75) is 109 Å². The molecule has 2 aliphatic rings. The second-order valence-electron chi connectivity index (χ2n) is 12.9. The summed E-state index contributed by atoms with van der Waals surface area (Å²) in [6, 6.07) is 8.47. The number of benzene rings is 2. The van der Waals surface area contributed by atoms with Crippen molar-refractivity contribution in [3.05, 3.63) is 46.5 Å². The van der Waals surface area contributed by atoms with Gasteiger partial charge in [0.1, 0.15) is 5.75 Å². The van der Waals surface area contributed by atoms with Gasteiger partial charge in [0.05, 0.1) is 27.7 Å². The lowest BCUT2D eigenvalue weighted by atomic mass is 9.80. The maximum absolute atomic E-state index is 13.3. The van der Waals surface area contributed by atoms with Crippen molar-refractivity contribution in [1.29, 1.82) is 0 Å². The second-order valence-corrected chi connectivity index (χ2v) is 14.9. The minimum absolute atomic E-state index is 0.0249. The number of sulfone groups is 1. The number of carbonyl (C=O) groups is 2. The van der Waals surface area contributed by atoms with E-state index in [2.05, 4.69) is 13.8 Å². The molecule has 0 atom stereocenters. The summed E-state index contributed by atoms with van der Waals surface area (Å²) in [5, 5.41) is 12.2. The topological polar surface area (TPSA) is 130 Å². The van der Waals surface area contributed by atoms with Crippen molar-refractivity contribution in [1.82, 2.24) is 0 Å². The summed E-state index contributed by atoms with van der Waals surface area (Å²) in [5.74, 6) is -0.673. The van der Waals surface area contributed by atoms with Crippen LogP contribution in [0.15, 0.2) is 41.3 Å². The Morgan fingerprint density at radius 3 is 1.67 bits per heavy atom. The molecule has 45 heavy (non-hydrogen) atoms. The summed E-state index contributed by atoms with van der Waals surface area (Å²) < 4.78 is 35.7. The van der Waals surface area contributed by atoms with E-state index in [1.54, 1.807) is 12.1 Å². The predicted octanol–water partition coefficient (Wildman–Crippen LogP) is 8.47. The summed E-state index contributed by atoms with van der Waals surface area (Å²) in [7, 11) is -3.46. The van der Waals surface area contributed by atoms with Crippen molar-refractivity contribution in [2.24, 2.45) is 23.7 Å². The lowest BCUT2D eigenvalue weighted by Crippen LogP contribution is -2.26. The summed E-state index contributed by atoms with van der Waals surface area (Å²) in [5.41, 5.74) is 0.302. The average Bonchev–Trinajstić information content (AvgIpc) is 3.03. The van der Waals surface area contributed by atoms with Gasteiger partial charge in [0.2, 0.25) is 5.75 Å². The van der Waals surface area contributed by atoms with E-state index in [9.17, 15) is 28.1 Å². The van der Waals surface area contributed by atoms with Crippen LogP contribution in [0.5, 0.6) is 11.5 Å². The third kappa shape index (κ3) is 9.37. The molecular weight excluding hydrogens is 594 g/mol. The number of nitro benzene ring substituents is 1. The fourth-order valence-electron chi connectivity index (χ4n) is 6.71. The molecule has 0 spiro atoms. The van der Waals surface area contributed by atoms with Crippen molar-refractivity contribution in [2.75, 3.05) is 6.26 Å². The molecule has 0 bridgehead atoms. The van der Waals surface area contributed by atoms with Gasteiger partial charge in [-0.05, 0) is 87.0 Å². The average molecular weight is 642 g/mol. The molecular formula is C35H47NO8S. The number of hydrogen-bond donors (Lipinski definition) is 0. The first-order chi connectivity index (χ1) is 21.5. The largest absolute Gasteiger partial charge is 0.425 e. The van der Waals surface area contributed by atoms with E-state index in [0.29, 0.717) is 48.6 Å². The van der Waals surface area contributed by atoms with Crippen LogP contribution in [0.4, 0.5) is 5.69 Å². The van der Waals surface area contributed by atoms with Crippen LogP contribution in [-0.2, 0) is 19.4 Å². The molecule has 0 aliphatic heterocycles. The van der Waals surface area contributed by atoms with Crippen LogP contribution in [0.2, 0.25) is 0 Å². The van der Waals surface area contributed by atoms with Crippen molar-refractivity contribution >= 4 is 27.5 Å². The maximum atomic E-state index is 13.3. The van der Waals surface area contributed by atoms with E-state index in [1.807, 2.05) is 0 Å². The standard InChI is InChI=1S/C35H47NO8S/c1-4-6-8-24-10-14-27(15-11-24)34(37)43-32-23-31(36(39)40)33(22-30(32)26-18-20-29(21-19-26)45(3,41)42)44-35(38)28-16-12-25(13-17-28)9-7-5-2/h18-25,27-28H,4-17H2,1-3H3. The number of carbonyl (C=O) groups excluding carboxylic acids is 2. The zero-order valence-electron chi connectivity index (χ0n) is 26.8. The highest BCUT2D eigenvalue weighted by Crippen LogP contribution is 2.43. The molecule has 0 saturated heterocycles. The fourth-order valence-corrected chi connectivity index (χ4v) is 7.34. The van der Waals surface area contributed by atoms with Gasteiger partial charge in [-0.2, -0.15) is 0 Å². The Hall–Kier alpha value is -3.27. The molecule has 2 aromatic rings. The molecule has 2 aliphatic carbocycles. The summed E-state index contributed by atoms with van der Waals surface area (Å²) >= 11 is 0. The van der Waals surface area contributed by atoms with Gasteiger partial charge in [-0.15, -0.1) is 0 Å². The van der Waals surface area contributed by atoms with E-state index in [1.165, 1.54) is 24.6 Å². The van der Waals surface area contributed by atoms with Crippen LogP contribution < -0.4 is 9.47 Å². The second kappa shape index (κ2) is 15.8. The number of esters is 2. The number of unbranched alkanes of at least 4 members (excludes halogenated alkanes) is 2. The zero-order valence-corrected chi connectivity index (χ0v) is 27.6. The smallest absolute Gasteiger partial charge is 0.315 e. The highest BCUT2D eigenvalue weighted by molar-refractivity contribution is 7.90. The Morgan fingerprint density at radius 1 is 0.778 bits per heavy atom. The highest BCUT2D eigenvalue weighted by Gasteiger charge is 2.32. The molecule has 2 fully saturated rings. The molecule has 10 heteroatoms. The minimum atomic E-state index is -3.46. The summed E-state index contributed by atoms with van der Waals surface area (Å²) in [6.45, 7) is 4.33. The SMILES string of the molecule is CCCCC1CCC(C(=O)Oc2cc([N+](=O)[O-])c(OC(=O)C3CCC(CCCC)CC3)cc2-c2ccc(S(C)(=O)=O)cc2)CC1. The van der Waals surface area contributed by atoms with Gasteiger partial charge >= 0.3 is 17.6 Å². The van der Waals surface area contributed by atoms with Crippen molar-refractivity contribution in [3.63, 3.8) is 0 Å². The monoisotopic (exact) mass is 641 g/mol. The lowest BCUT2D eigenvalue weighted by Gasteiger charge is -2.27. The first-order valence-electron chi connectivity index (χ1n) is 16.6. The van der Waals surface area contributed by atoms with Crippen LogP contribution in [0.1, 0.15) is 104 Å². The van der Waals surface area contributed by atoms with Crippen LogP contribution in [0.25, 0.3) is 11.1 Å². The number of ether oxygens (including phenoxy) is 2. The lowest BCUT2D eigenvalue weighted by molar-refractivity contribution is -0.385. The molecule has 0 radical (unpaired) electrons. The van der Waals surface area contributed by atoms with Gasteiger partial charge in [-0.1, -0.05) is 64.5 Å². The fraction of sp³-hybridized carbons (Fsp3) is 0.600. The molecule has 2 saturated carbocycles. The Morgan fingerprint density at radius 2 is 1.24 bits per heavy atom. The molecule has 246 valence electrons. The van der Waals surface area contributed by atoms with E-state index >= 15 is 0 Å². The van der Waals surface area contributed by atoms with Gasteiger partial charge in [0.15, 0.2) is 9.84 Å². The van der Waals surface area contributed by atoms with Crippen LogP contribution in [0, 0.1) is 33.8 Å². The van der Waals surface area contributed by atoms with Gasteiger partial charge in [-0.25, -0.2) is 8.42 Å². The Labute approximate surface area is 267 Å². The number of rotatable bonds is 13. The number of hydrogen-bond acceptors (Lipinski definition) is 8. The van der Waals surface area contributed by atoms with Gasteiger partial charge in [-0.3, -0.25) is 19.7 Å². The normalized spacial score (nSPS) is 22.0. The van der Waals surface area contributed by atoms with Crippen molar-refractivity contribution < 1.29 is 32.4 Å². The van der Waals surface area contributed by atoms with Crippen LogP contribution in [-0.4, -0.2) is 31.5 Å². The number of nitrogens with zero attached hydrogens (tertiary/aromatic N) is 1. The molecule has 0 aromatic heterocycles. The molecule has 0 N–H and O–H groups in total. The molecule has 0 unspecified atom stereocenters. The Kier molecular flexibility index (Phi) is 12.2. The molecule has 0 amide bonds. The molecule has 4 rings (SSSR count). The summed E-state index contributed by atoms with van der Waals surface area (Å²) in [4.78, 5) is 38.2. The van der Waals surface area contributed by atoms with E-state index < -0.39 is 32.4 Å². The Balaban J connectivity index is 1.60. The maximum Gasteiger partial charge on any atom is 0.315 e. The van der Waals surface area contributed by atoms with Gasteiger partial charge in [0.25, 0.3) is 0 Å². The van der Waals surface area contributed by atoms with Crippen LogP contribution in [0.3, 0.4) is 0 Å². The first kappa shape index (κ1) is 34.6. The third-order valence-electron chi connectivity index (χ3n) is 9.56. The van der Waals surface area contributed by atoms with Gasteiger partial charge < -0.3 is 9.47 Å². The Bertz CT molecular complexity index is 1440. The molecule has 2 aromatic carbocycles. The zero-order chi connectivity index (χ0) is 32.6. The van der Waals surface area contributed by atoms with E-state index in [0.717, 1.165) is 70.1 Å².